The molecule has 0 spiro atoms. The zero-order chi connectivity index (χ0) is 16.0. The maximum Gasteiger partial charge on any atom is 0.260 e. The van der Waals surface area contributed by atoms with Gasteiger partial charge in [0, 0.05) is 13.6 Å². The predicted molar refractivity (Wildman–Crippen MR) is 86.7 cm³/mol. The van der Waals surface area contributed by atoms with Gasteiger partial charge in [-0.25, -0.2) is 0 Å². The molecule has 0 fully saturated rings. The number of carbonyl (C=O) groups excluding carboxylic acids is 1. The Hall–Kier alpha value is -1.55. The topological polar surface area (TPSA) is 55.6 Å². The second-order valence-corrected chi connectivity index (χ2v) is 6.48. The fourth-order valence-electron chi connectivity index (χ4n) is 1.98. The van der Waals surface area contributed by atoms with Crippen molar-refractivity contribution in [2.75, 3.05) is 26.7 Å². The van der Waals surface area contributed by atoms with Crippen molar-refractivity contribution in [2.24, 2.45) is 5.73 Å². The molecule has 0 saturated carbocycles. The van der Waals surface area contributed by atoms with E-state index in [9.17, 15) is 4.79 Å². The first-order valence-electron chi connectivity index (χ1n) is 7.43. The number of hydrogen-bond acceptors (Lipinski definition) is 3. The average molecular weight is 292 g/mol. The van der Waals surface area contributed by atoms with Gasteiger partial charge >= 0.3 is 0 Å². The third-order valence-electron chi connectivity index (χ3n) is 3.52. The molecular formula is C17H28N2O2. The van der Waals surface area contributed by atoms with Crippen LogP contribution in [0.2, 0.25) is 0 Å². The van der Waals surface area contributed by atoms with E-state index in [2.05, 4.69) is 32.9 Å². The number of ether oxygens (including phenoxy) is 1. The third-order valence-corrected chi connectivity index (χ3v) is 3.52. The smallest absolute Gasteiger partial charge is 0.260 e. The molecule has 0 aliphatic carbocycles. The van der Waals surface area contributed by atoms with Gasteiger partial charge in [-0.2, -0.15) is 0 Å². The lowest BCUT2D eigenvalue weighted by Crippen LogP contribution is -2.33. The molecule has 0 atom stereocenters. The highest BCUT2D eigenvalue weighted by Gasteiger charge is 2.15. The van der Waals surface area contributed by atoms with Gasteiger partial charge in [0.25, 0.3) is 5.91 Å². The molecule has 0 heterocycles. The minimum absolute atomic E-state index is 0.0252. The fourth-order valence-corrected chi connectivity index (χ4v) is 1.98. The predicted octanol–water partition coefficient (Wildman–Crippen LogP) is 2.48. The van der Waals surface area contributed by atoms with E-state index in [-0.39, 0.29) is 17.9 Å². The summed E-state index contributed by atoms with van der Waals surface area (Å²) in [6.07, 6.45) is 0.807. The Labute approximate surface area is 128 Å². The summed E-state index contributed by atoms with van der Waals surface area (Å²) >= 11 is 0. The van der Waals surface area contributed by atoms with Crippen LogP contribution in [0.3, 0.4) is 0 Å². The second kappa shape index (κ2) is 7.46. The Kier molecular flexibility index (Phi) is 6.21. The first kappa shape index (κ1) is 17.5. The van der Waals surface area contributed by atoms with Crippen LogP contribution in [-0.4, -0.2) is 37.6 Å². The van der Waals surface area contributed by atoms with Crippen LogP contribution in [0.4, 0.5) is 0 Å². The summed E-state index contributed by atoms with van der Waals surface area (Å²) in [5.41, 5.74) is 7.87. The van der Waals surface area contributed by atoms with Gasteiger partial charge < -0.3 is 15.4 Å². The number of aryl methyl sites for hydroxylation is 1. The molecule has 0 aromatic heterocycles. The lowest BCUT2D eigenvalue weighted by molar-refractivity contribution is -0.132. The molecule has 0 radical (unpaired) electrons. The zero-order valence-corrected chi connectivity index (χ0v) is 13.9. The maximum atomic E-state index is 11.9. The van der Waals surface area contributed by atoms with Crippen molar-refractivity contribution in [2.45, 2.75) is 39.5 Å². The molecule has 1 aromatic carbocycles. The molecule has 1 aromatic rings. The Morgan fingerprint density at radius 3 is 2.52 bits per heavy atom. The number of likely N-dealkylation sites (N-methyl/N-ethyl adjacent to an activating group) is 1. The number of nitrogens with zero attached hydrogens (tertiary/aromatic N) is 1. The summed E-state index contributed by atoms with van der Waals surface area (Å²) in [5, 5.41) is 0. The normalized spacial score (nSPS) is 11.3. The Balaban J connectivity index is 2.62. The molecule has 118 valence electrons. The highest BCUT2D eigenvalue weighted by Crippen LogP contribution is 2.27. The number of rotatable bonds is 6. The Morgan fingerprint density at radius 2 is 2.00 bits per heavy atom. The van der Waals surface area contributed by atoms with E-state index in [1.54, 1.807) is 11.9 Å². The first-order valence-corrected chi connectivity index (χ1v) is 7.43. The van der Waals surface area contributed by atoms with Crippen LogP contribution in [0.15, 0.2) is 18.2 Å². The van der Waals surface area contributed by atoms with Gasteiger partial charge in [-0.05, 0) is 42.5 Å². The largest absolute Gasteiger partial charge is 0.484 e. The van der Waals surface area contributed by atoms with Gasteiger partial charge in [0.05, 0.1) is 0 Å². The van der Waals surface area contributed by atoms with Crippen LogP contribution in [0.5, 0.6) is 5.75 Å². The molecule has 0 bridgehead atoms. The summed E-state index contributed by atoms with van der Waals surface area (Å²) < 4.78 is 5.64. The van der Waals surface area contributed by atoms with E-state index in [0.717, 1.165) is 17.7 Å². The summed E-state index contributed by atoms with van der Waals surface area (Å²) in [6, 6.07) is 6.13. The summed E-state index contributed by atoms with van der Waals surface area (Å²) in [7, 11) is 1.77. The molecule has 4 nitrogen and oxygen atoms in total. The third kappa shape index (κ3) is 5.38. The molecule has 2 N–H and O–H groups in total. The molecule has 0 aliphatic heterocycles. The standard InChI is InChI=1S/C17H28N2O2/c1-13-11-14(17(2,3)4)7-8-15(13)21-12-16(20)19(5)10-6-9-18/h7-8,11H,6,9-10,12,18H2,1-5H3. The second-order valence-electron chi connectivity index (χ2n) is 6.48. The van der Waals surface area contributed by atoms with Gasteiger partial charge in [0.15, 0.2) is 6.61 Å². The van der Waals surface area contributed by atoms with Crippen molar-refractivity contribution in [3.63, 3.8) is 0 Å². The molecule has 21 heavy (non-hydrogen) atoms. The molecule has 4 heteroatoms. The minimum atomic E-state index is -0.0252. The number of carbonyl (C=O) groups is 1. The molecular weight excluding hydrogens is 264 g/mol. The van der Waals surface area contributed by atoms with Gasteiger partial charge in [-0.1, -0.05) is 32.9 Å². The van der Waals surface area contributed by atoms with Crippen LogP contribution in [0, 0.1) is 6.92 Å². The molecule has 0 unspecified atom stereocenters. The van der Waals surface area contributed by atoms with Crippen LogP contribution >= 0.6 is 0 Å². The lowest BCUT2D eigenvalue weighted by atomic mass is 9.86. The van der Waals surface area contributed by atoms with Crippen molar-refractivity contribution < 1.29 is 9.53 Å². The zero-order valence-electron chi connectivity index (χ0n) is 13.9. The quantitative estimate of drug-likeness (QED) is 0.876. The van der Waals surface area contributed by atoms with Crippen molar-refractivity contribution in [1.29, 1.82) is 0 Å². The number of benzene rings is 1. The van der Waals surface area contributed by atoms with Gasteiger partial charge in [-0.3, -0.25) is 4.79 Å². The molecule has 1 amide bonds. The monoisotopic (exact) mass is 292 g/mol. The van der Waals surface area contributed by atoms with Crippen molar-refractivity contribution >= 4 is 5.91 Å². The van der Waals surface area contributed by atoms with E-state index in [0.29, 0.717) is 13.1 Å². The van der Waals surface area contributed by atoms with Crippen molar-refractivity contribution in [3.05, 3.63) is 29.3 Å². The van der Waals surface area contributed by atoms with Crippen LogP contribution in [0.25, 0.3) is 0 Å². The van der Waals surface area contributed by atoms with Crippen molar-refractivity contribution in [3.8, 4) is 5.75 Å². The van der Waals surface area contributed by atoms with Crippen LogP contribution < -0.4 is 10.5 Å². The van der Waals surface area contributed by atoms with E-state index >= 15 is 0 Å². The van der Waals surface area contributed by atoms with Gasteiger partial charge in [0.1, 0.15) is 5.75 Å². The van der Waals surface area contributed by atoms with E-state index < -0.39 is 0 Å². The summed E-state index contributed by atoms with van der Waals surface area (Å²) in [6.45, 7) is 9.87. The van der Waals surface area contributed by atoms with Crippen LogP contribution in [0.1, 0.15) is 38.3 Å². The molecule has 0 saturated heterocycles. The summed E-state index contributed by atoms with van der Waals surface area (Å²) in [5.74, 6) is 0.742. The van der Waals surface area contributed by atoms with Gasteiger partial charge in [-0.15, -0.1) is 0 Å². The lowest BCUT2D eigenvalue weighted by Gasteiger charge is -2.21. The highest BCUT2D eigenvalue weighted by molar-refractivity contribution is 5.77. The van der Waals surface area contributed by atoms with E-state index in [4.69, 9.17) is 10.5 Å². The first-order chi connectivity index (χ1) is 9.75. The molecule has 0 aliphatic rings. The minimum Gasteiger partial charge on any atom is -0.484 e. The summed E-state index contributed by atoms with van der Waals surface area (Å²) in [4.78, 5) is 13.6. The fraction of sp³-hybridized carbons (Fsp3) is 0.588. The number of nitrogens with two attached hydrogens (primary N) is 1. The number of hydrogen-bond donors (Lipinski definition) is 1. The maximum absolute atomic E-state index is 11.9. The SMILES string of the molecule is Cc1cc(C(C)(C)C)ccc1OCC(=O)N(C)CCCN. The average Bonchev–Trinajstić information content (AvgIpc) is 2.41. The highest BCUT2D eigenvalue weighted by atomic mass is 16.5. The van der Waals surface area contributed by atoms with E-state index in [1.807, 2.05) is 13.0 Å². The van der Waals surface area contributed by atoms with Gasteiger partial charge in [0.2, 0.25) is 0 Å². The molecule has 1 rings (SSSR count). The van der Waals surface area contributed by atoms with Crippen LogP contribution in [-0.2, 0) is 10.2 Å². The number of amides is 1. The van der Waals surface area contributed by atoms with E-state index in [1.165, 1.54) is 5.56 Å². The Bertz CT molecular complexity index is 478. The Morgan fingerprint density at radius 1 is 1.33 bits per heavy atom. The van der Waals surface area contributed by atoms with Crippen molar-refractivity contribution in [1.82, 2.24) is 4.90 Å².